The van der Waals surface area contributed by atoms with E-state index < -0.39 is 0 Å². The van der Waals surface area contributed by atoms with Crippen molar-refractivity contribution in [1.82, 2.24) is 4.98 Å². The van der Waals surface area contributed by atoms with Gasteiger partial charge in [-0.2, -0.15) is 0 Å². The van der Waals surface area contributed by atoms with E-state index in [-0.39, 0.29) is 6.04 Å². The highest BCUT2D eigenvalue weighted by molar-refractivity contribution is 9.10. The van der Waals surface area contributed by atoms with Crippen LogP contribution in [0.4, 0.5) is 5.69 Å². The summed E-state index contributed by atoms with van der Waals surface area (Å²) in [6.07, 6.45) is 0. The molecule has 0 bridgehead atoms. The van der Waals surface area contributed by atoms with Gasteiger partial charge in [0, 0.05) is 15.5 Å². The monoisotopic (exact) mass is 296 g/mol. The number of anilines is 1. The van der Waals surface area contributed by atoms with Gasteiger partial charge in [-0.3, -0.25) is 0 Å². The van der Waals surface area contributed by atoms with Crippen molar-refractivity contribution in [1.29, 1.82) is 0 Å². The summed E-state index contributed by atoms with van der Waals surface area (Å²) < 4.78 is 1.09. The molecule has 2 aromatic rings. The van der Waals surface area contributed by atoms with Crippen LogP contribution in [0.1, 0.15) is 24.2 Å². The number of halogens is 1. The number of benzene rings is 1. The molecule has 1 aromatic heterocycles. The van der Waals surface area contributed by atoms with Crippen molar-refractivity contribution >= 4 is 33.0 Å². The maximum atomic E-state index is 4.31. The van der Waals surface area contributed by atoms with E-state index in [1.54, 1.807) is 11.3 Å². The molecule has 0 aliphatic heterocycles. The normalized spacial score (nSPS) is 12.4. The van der Waals surface area contributed by atoms with E-state index in [2.05, 4.69) is 57.6 Å². The minimum absolute atomic E-state index is 0.235. The van der Waals surface area contributed by atoms with Crippen LogP contribution < -0.4 is 5.32 Å². The molecule has 1 N–H and O–H groups in total. The van der Waals surface area contributed by atoms with Crippen molar-refractivity contribution in [2.75, 3.05) is 5.32 Å². The van der Waals surface area contributed by atoms with Crippen LogP contribution in [0.5, 0.6) is 0 Å². The molecular weight excluding hydrogens is 284 g/mol. The van der Waals surface area contributed by atoms with Gasteiger partial charge in [0.2, 0.25) is 0 Å². The average molecular weight is 297 g/mol. The molecule has 84 valence electrons. The second kappa shape index (κ2) is 4.97. The summed E-state index contributed by atoms with van der Waals surface area (Å²) >= 11 is 5.11. The van der Waals surface area contributed by atoms with Crippen LogP contribution in [0.25, 0.3) is 0 Å². The third-order valence-electron chi connectivity index (χ3n) is 2.47. The largest absolute Gasteiger partial charge is 0.377 e. The van der Waals surface area contributed by atoms with Gasteiger partial charge in [-0.1, -0.05) is 22.0 Å². The van der Waals surface area contributed by atoms with Gasteiger partial charge in [0.25, 0.3) is 0 Å². The van der Waals surface area contributed by atoms with Gasteiger partial charge in [-0.05, 0) is 31.5 Å². The molecule has 0 spiro atoms. The maximum absolute atomic E-state index is 4.31. The highest BCUT2D eigenvalue weighted by Gasteiger charge is 2.08. The van der Waals surface area contributed by atoms with E-state index in [0.717, 1.165) is 15.9 Å². The first kappa shape index (κ1) is 11.6. The summed E-state index contributed by atoms with van der Waals surface area (Å²) in [4.78, 5) is 4.31. The molecular formula is C12H13BrN2S. The van der Waals surface area contributed by atoms with Gasteiger partial charge in [0.05, 0.1) is 17.2 Å². The van der Waals surface area contributed by atoms with Crippen LogP contribution in [0.15, 0.2) is 33.6 Å². The quantitative estimate of drug-likeness (QED) is 0.909. The average Bonchev–Trinajstić information content (AvgIpc) is 2.76. The predicted octanol–water partition coefficient (Wildman–Crippen LogP) is 4.39. The fourth-order valence-corrected chi connectivity index (χ4v) is 2.50. The zero-order chi connectivity index (χ0) is 11.5. The highest BCUT2D eigenvalue weighted by atomic mass is 79.9. The Morgan fingerprint density at radius 3 is 2.94 bits per heavy atom. The van der Waals surface area contributed by atoms with E-state index in [9.17, 15) is 0 Å². The Kier molecular flexibility index (Phi) is 3.61. The van der Waals surface area contributed by atoms with Crippen molar-refractivity contribution < 1.29 is 0 Å². The van der Waals surface area contributed by atoms with Gasteiger partial charge in [-0.25, -0.2) is 4.98 Å². The van der Waals surface area contributed by atoms with Gasteiger partial charge >= 0.3 is 0 Å². The summed E-state index contributed by atoms with van der Waals surface area (Å²) in [6.45, 7) is 4.22. The van der Waals surface area contributed by atoms with E-state index in [1.807, 2.05) is 11.6 Å². The van der Waals surface area contributed by atoms with Crippen molar-refractivity contribution in [3.05, 3.63) is 44.8 Å². The number of rotatable bonds is 3. The Morgan fingerprint density at radius 2 is 2.25 bits per heavy atom. The van der Waals surface area contributed by atoms with E-state index in [0.29, 0.717) is 0 Å². The Bertz CT molecular complexity index is 468. The van der Waals surface area contributed by atoms with Crippen LogP contribution in [-0.2, 0) is 0 Å². The maximum Gasteiger partial charge on any atom is 0.0795 e. The number of hydrogen-bond acceptors (Lipinski definition) is 3. The predicted molar refractivity (Wildman–Crippen MR) is 73.0 cm³/mol. The fraction of sp³-hybridized carbons (Fsp3) is 0.250. The third kappa shape index (κ3) is 2.62. The van der Waals surface area contributed by atoms with Gasteiger partial charge in [0.1, 0.15) is 0 Å². The summed E-state index contributed by atoms with van der Waals surface area (Å²) in [5.74, 6) is 0. The summed E-state index contributed by atoms with van der Waals surface area (Å²) in [7, 11) is 0. The summed E-state index contributed by atoms with van der Waals surface area (Å²) in [6, 6.07) is 6.48. The zero-order valence-corrected chi connectivity index (χ0v) is 11.6. The lowest BCUT2D eigenvalue weighted by Crippen LogP contribution is -2.07. The number of nitrogens with zero attached hydrogens (tertiary/aromatic N) is 1. The number of aryl methyl sites for hydroxylation is 1. The van der Waals surface area contributed by atoms with Crippen molar-refractivity contribution in [2.45, 2.75) is 19.9 Å². The molecule has 0 radical (unpaired) electrons. The highest BCUT2D eigenvalue weighted by Crippen LogP contribution is 2.25. The first-order valence-corrected chi connectivity index (χ1v) is 6.81. The topological polar surface area (TPSA) is 24.9 Å². The van der Waals surface area contributed by atoms with Gasteiger partial charge < -0.3 is 5.32 Å². The van der Waals surface area contributed by atoms with Crippen molar-refractivity contribution in [2.24, 2.45) is 0 Å². The van der Waals surface area contributed by atoms with Gasteiger partial charge in [-0.15, -0.1) is 11.3 Å². The SMILES string of the molecule is Cc1ccc(Br)cc1NC(C)c1cscn1. The Hall–Kier alpha value is -0.870. The summed E-state index contributed by atoms with van der Waals surface area (Å²) in [5.41, 5.74) is 5.34. The fourth-order valence-electron chi connectivity index (χ4n) is 1.49. The molecule has 2 rings (SSSR count). The first-order valence-electron chi connectivity index (χ1n) is 5.07. The molecule has 1 aromatic carbocycles. The lowest BCUT2D eigenvalue weighted by atomic mass is 10.1. The molecule has 1 unspecified atom stereocenters. The molecule has 0 aliphatic rings. The third-order valence-corrected chi connectivity index (χ3v) is 3.56. The van der Waals surface area contributed by atoms with E-state index >= 15 is 0 Å². The first-order chi connectivity index (χ1) is 7.66. The number of nitrogens with one attached hydrogen (secondary N) is 1. The molecule has 0 amide bonds. The standard InChI is InChI=1S/C12H13BrN2S/c1-8-3-4-10(13)5-11(8)15-9(2)12-6-16-7-14-12/h3-7,9,15H,1-2H3. The minimum atomic E-state index is 0.235. The smallest absolute Gasteiger partial charge is 0.0795 e. The molecule has 2 nitrogen and oxygen atoms in total. The van der Waals surface area contributed by atoms with Crippen LogP contribution in [0.2, 0.25) is 0 Å². The molecule has 0 aliphatic carbocycles. The second-order valence-electron chi connectivity index (χ2n) is 3.74. The molecule has 4 heteroatoms. The molecule has 0 fully saturated rings. The lowest BCUT2D eigenvalue weighted by molar-refractivity contribution is 0.848. The number of aromatic nitrogens is 1. The molecule has 1 heterocycles. The van der Waals surface area contributed by atoms with Gasteiger partial charge in [0.15, 0.2) is 0 Å². The van der Waals surface area contributed by atoms with Crippen LogP contribution in [-0.4, -0.2) is 4.98 Å². The van der Waals surface area contributed by atoms with Crippen LogP contribution >= 0.6 is 27.3 Å². The Morgan fingerprint density at radius 1 is 1.44 bits per heavy atom. The van der Waals surface area contributed by atoms with Crippen molar-refractivity contribution in [3.63, 3.8) is 0 Å². The molecule has 0 saturated heterocycles. The Labute approximate surface area is 108 Å². The van der Waals surface area contributed by atoms with E-state index in [4.69, 9.17) is 0 Å². The minimum Gasteiger partial charge on any atom is -0.377 e. The van der Waals surface area contributed by atoms with Crippen LogP contribution in [0.3, 0.4) is 0 Å². The van der Waals surface area contributed by atoms with Crippen LogP contribution in [0, 0.1) is 6.92 Å². The molecule has 16 heavy (non-hydrogen) atoms. The van der Waals surface area contributed by atoms with E-state index in [1.165, 1.54) is 5.56 Å². The summed E-state index contributed by atoms with van der Waals surface area (Å²) in [5, 5.41) is 5.54. The molecule has 1 atom stereocenters. The second-order valence-corrected chi connectivity index (χ2v) is 5.37. The number of hydrogen-bond donors (Lipinski definition) is 1. The lowest BCUT2D eigenvalue weighted by Gasteiger charge is -2.15. The Balaban J connectivity index is 2.17. The number of thiazole rings is 1. The van der Waals surface area contributed by atoms with Crippen molar-refractivity contribution in [3.8, 4) is 0 Å². The zero-order valence-electron chi connectivity index (χ0n) is 9.20. The molecule has 0 saturated carbocycles.